The fourth-order valence-electron chi connectivity index (χ4n) is 3.57. The minimum atomic E-state index is -0.441. The Morgan fingerprint density at radius 1 is 1.14 bits per heavy atom. The number of anilines is 1. The maximum absolute atomic E-state index is 13.3. The molecule has 1 amide bonds. The van der Waals surface area contributed by atoms with Crippen molar-refractivity contribution in [3.8, 4) is 0 Å². The third-order valence-corrected chi connectivity index (χ3v) is 5.51. The van der Waals surface area contributed by atoms with E-state index in [1.807, 2.05) is 44.2 Å². The van der Waals surface area contributed by atoms with E-state index < -0.39 is 4.92 Å². The molecular formula is C22H18BrN3O3. The lowest BCUT2D eigenvalue weighted by atomic mass is 10.0. The topological polar surface area (TPSA) is 79.2 Å². The molecule has 29 heavy (non-hydrogen) atoms. The number of hydrogen-bond acceptors (Lipinski definition) is 3. The van der Waals surface area contributed by atoms with Crippen molar-refractivity contribution in [3.63, 3.8) is 0 Å². The summed E-state index contributed by atoms with van der Waals surface area (Å²) in [5.41, 5.74) is 5.47. The molecule has 0 saturated carbocycles. The first-order chi connectivity index (χ1) is 13.8. The molecule has 1 aliphatic heterocycles. The highest BCUT2D eigenvalue weighted by molar-refractivity contribution is 9.10. The Morgan fingerprint density at radius 2 is 1.86 bits per heavy atom. The number of fused-ring (bicyclic) bond motifs is 1. The van der Waals surface area contributed by atoms with Crippen LogP contribution < -0.4 is 4.90 Å². The van der Waals surface area contributed by atoms with Crippen molar-refractivity contribution in [1.82, 2.24) is 4.98 Å². The number of nitrogens with one attached hydrogen (secondary N) is 1. The number of rotatable bonds is 4. The summed E-state index contributed by atoms with van der Waals surface area (Å²) >= 11 is 3.42. The molecule has 1 N–H and O–H groups in total. The summed E-state index contributed by atoms with van der Waals surface area (Å²) in [7, 11) is 0. The molecule has 146 valence electrons. The van der Waals surface area contributed by atoms with E-state index in [1.54, 1.807) is 17.0 Å². The van der Waals surface area contributed by atoms with Gasteiger partial charge in [-0.15, -0.1) is 0 Å². The molecule has 6 nitrogen and oxygen atoms in total. The highest BCUT2D eigenvalue weighted by atomic mass is 79.9. The summed E-state index contributed by atoms with van der Waals surface area (Å²) < 4.78 is 0.961. The first-order valence-corrected chi connectivity index (χ1v) is 9.86. The first-order valence-electron chi connectivity index (χ1n) is 9.06. The van der Waals surface area contributed by atoms with E-state index in [0.717, 1.165) is 27.0 Å². The quantitative estimate of drug-likeness (QED) is 0.328. The number of aryl methyl sites for hydroxylation is 2. The van der Waals surface area contributed by atoms with Gasteiger partial charge in [0.1, 0.15) is 0 Å². The van der Waals surface area contributed by atoms with E-state index in [1.165, 1.54) is 12.1 Å². The second-order valence-corrected chi connectivity index (χ2v) is 8.00. The van der Waals surface area contributed by atoms with Crippen molar-refractivity contribution in [1.29, 1.82) is 0 Å². The molecule has 7 heteroatoms. The first kappa shape index (κ1) is 19.1. The van der Waals surface area contributed by atoms with Crippen LogP contribution in [0.3, 0.4) is 0 Å². The number of halogens is 1. The monoisotopic (exact) mass is 451 g/mol. The summed E-state index contributed by atoms with van der Waals surface area (Å²) in [5.74, 6) is -0.171. The lowest BCUT2D eigenvalue weighted by Gasteiger charge is -2.17. The van der Waals surface area contributed by atoms with E-state index >= 15 is 0 Å². The van der Waals surface area contributed by atoms with Gasteiger partial charge in [0.25, 0.3) is 11.6 Å². The predicted octanol–water partition coefficient (Wildman–Crippen LogP) is 5.39. The minimum Gasteiger partial charge on any atom is -0.359 e. The van der Waals surface area contributed by atoms with Gasteiger partial charge in [-0.3, -0.25) is 14.9 Å². The number of hydrogen-bond donors (Lipinski definition) is 1. The number of H-pyrrole nitrogens is 1. The van der Waals surface area contributed by atoms with Crippen molar-refractivity contribution in [2.45, 2.75) is 20.4 Å². The van der Waals surface area contributed by atoms with Crippen LogP contribution in [0.1, 0.15) is 28.1 Å². The molecule has 0 radical (unpaired) electrons. The van der Waals surface area contributed by atoms with Crippen LogP contribution in [0.5, 0.6) is 0 Å². The standard InChI is InChI=1S/C22H18BrN3O3/c1-13-9-14(2)24-20(13)11-19-18-10-17(26(28)29)7-8-21(18)25(22(19)27)12-15-3-5-16(23)6-4-15/h3-11,24H,12H2,1-2H3/b19-11-. The van der Waals surface area contributed by atoms with Crippen molar-refractivity contribution >= 4 is 44.9 Å². The Hall–Kier alpha value is -3.19. The van der Waals surface area contributed by atoms with Crippen LogP contribution in [0.4, 0.5) is 11.4 Å². The molecule has 0 saturated heterocycles. The SMILES string of the molecule is Cc1cc(C)c(/C=C2\C(=O)N(Cc3ccc(Br)cc3)c3ccc([N+](=O)[O-])cc32)[nH]1. The molecule has 3 aromatic rings. The summed E-state index contributed by atoms with van der Waals surface area (Å²) in [6.07, 6.45) is 1.79. The lowest BCUT2D eigenvalue weighted by molar-refractivity contribution is -0.384. The van der Waals surface area contributed by atoms with E-state index in [0.29, 0.717) is 23.4 Å². The number of nitrogens with zero attached hydrogens (tertiary/aromatic N) is 2. The highest BCUT2D eigenvalue weighted by Crippen LogP contribution is 2.40. The number of nitro benzene ring substituents is 1. The molecular weight excluding hydrogens is 434 g/mol. The normalized spacial score (nSPS) is 14.5. The smallest absolute Gasteiger partial charge is 0.270 e. The number of nitro groups is 1. The number of amides is 1. The number of carbonyl (C=O) groups is 1. The maximum atomic E-state index is 13.3. The van der Waals surface area contributed by atoms with Gasteiger partial charge in [0.05, 0.1) is 22.7 Å². The molecule has 0 spiro atoms. The molecule has 1 aromatic heterocycles. The van der Waals surface area contributed by atoms with E-state index in [4.69, 9.17) is 0 Å². The van der Waals surface area contributed by atoms with E-state index in [9.17, 15) is 14.9 Å². The van der Waals surface area contributed by atoms with E-state index in [-0.39, 0.29) is 11.6 Å². The third-order valence-electron chi connectivity index (χ3n) is 4.98. The summed E-state index contributed by atoms with van der Waals surface area (Å²) in [6.45, 7) is 4.30. The Morgan fingerprint density at radius 3 is 2.48 bits per heavy atom. The number of benzene rings is 2. The van der Waals surface area contributed by atoms with Gasteiger partial charge in [-0.05, 0) is 55.3 Å². The number of aromatic nitrogens is 1. The van der Waals surface area contributed by atoms with Gasteiger partial charge in [-0.2, -0.15) is 0 Å². The Labute approximate surface area is 176 Å². The van der Waals surface area contributed by atoms with Crippen LogP contribution >= 0.6 is 15.9 Å². The van der Waals surface area contributed by atoms with E-state index in [2.05, 4.69) is 20.9 Å². The molecule has 2 heterocycles. The van der Waals surface area contributed by atoms with Crippen molar-refractivity contribution in [2.75, 3.05) is 4.90 Å². The Bertz CT molecular complexity index is 1160. The van der Waals surface area contributed by atoms with Crippen molar-refractivity contribution in [2.24, 2.45) is 0 Å². The highest BCUT2D eigenvalue weighted by Gasteiger charge is 2.34. The molecule has 0 unspecified atom stereocenters. The molecule has 0 atom stereocenters. The number of non-ortho nitro benzene ring substituents is 1. The second-order valence-electron chi connectivity index (χ2n) is 7.08. The minimum absolute atomic E-state index is 0.0349. The largest absolute Gasteiger partial charge is 0.359 e. The van der Waals surface area contributed by atoms with Gasteiger partial charge in [0, 0.05) is 33.6 Å². The van der Waals surface area contributed by atoms with Crippen molar-refractivity contribution in [3.05, 3.63) is 91.2 Å². The van der Waals surface area contributed by atoms with Crippen LogP contribution in [0.25, 0.3) is 11.6 Å². The molecule has 0 fully saturated rings. The summed E-state index contributed by atoms with van der Waals surface area (Å²) in [5, 5.41) is 11.3. The molecule has 2 aromatic carbocycles. The third kappa shape index (κ3) is 3.61. The maximum Gasteiger partial charge on any atom is 0.270 e. The predicted molar refractivity (Wildman–Crippen MR) is 117 cm³/mol. The molecule has 4 rings (SSSR count). The number of carbonyl (C=O) groups excluding carboxylic acids is 1. The molecule has 0 bridgehead atoms. The average molecular weight is 452 g/mol. The average Bonchev–Trinajstić information content (AvgIpc) is 3.14. The summed E-state index contributed by atoms with van der Waals surface area (Å²) in [4.78, 5) is 29.1. The van der Waals surface area contributed by atoms with Gasteiger partial charge < -0.3 is 9.88 Å². The van der Waals surface area contributed by atoms with Gasteiger partial charge in [-0.25, -0.2) is 0 Å². The second kappa shape index (κ2) is 7.33. The molecule has 1 aliphatic rings. The Kier molecular flexibility index (Phi) is 4.84. The zero-order valence-corrected chi connectivity index (χ0v) is 17.5. The summed E-state index contributed by atoms with van der Waals surface area (Å²) in [6, 6.07) is 14.3. The van der Waals surface area contributed by atoms with Gasteiger partial charge in [0.15, 0.2) is 0 Å². The Balaban J connectivity index is 1.82. The lowest BCUT2D eigenvalue weighted by Crippen LogP contribution is -2.25. The van der Waals surface area contributed by atoms with Gasteiger partial charge in [-0.1, -0.05) is 28.1 Å². The fraction of sp³-hybridized carbons (Fsp3) is 0.136. The van der Waals surface area contributed by atoms with Crippen LogP contribution in [-0.4, -0.2) is 15.8 Å². The van der Waals surface area contributed by atoms with Crippen LogP contribution in [0, 0.1) is 24.0 Å². The zero-order chi connectivity index (χ0) is 20.7. The van der Waals surface area contributed by atoms with Crippen LogP contribution in [0.15, 0.2) is 53.0 Å². The van der Waals surface area contributed by atoms with Crippen molar-refractivity contribution < 1.29 is 9.72 Å². The van der Waals surface area contributed by atoms with Gasteiger partial charge in [0.2, 0.25) is 0 Å². The van der Waals surface area contributed by atoms with Gasteiger partial charge >= 0.3 is 0 Å². The van der Waals surface area contributed by atoms with Crippen LogP contribution in [0.2, 0.25) is 0 Å². The van der Waals surface area contributed by atoms with Crippen LogP contribution in [-0.2, 0) is 11.3 Å². The zero-order valence-electron chi connectivity index (χ0n) is 15.9. The number of aromatic amines is 1. The fourth-order valence-corrected chi connectivity index (χ4v) is 3.84. The molecule has 0 aliphatic carbocycles.